The summed E-state index contributed by atoms with van der Waals surface area (Å²) in [6, 6.07) is 7.61. The van der Waals surface area contributed by atoms with Gasteiger partial charge in [0.2, 0.25) is 0 Å². The molecule has 0 aliphatic heterocycles. The van der Waals surface area contributed by atoms with Crippen molar-refractivity contribution in [2.45, 2.75) is 50.7 Å². The number of carboxylic acid groups (broad SMARTS) is 1. The van der Waals surface area contributed by atoms with Crippen LogP contribution >= 0.6 is 0 Å². The van der Waals surface area contributed by atoms with Gasteiger partial charge in [0.25, 0.3) is 0 Å². The molecule has 138 valence electrons. The van der Waals surface area contributed by atoms with Crippen LogP contribution in [0.4, 0.5) is 4.79 Å². The summed E-state index contributed by atoms with van der Waals surface area (Å²) in [5.41, 5.74) is -0.678. The van der Waals surface area contributed by atoms with Crippen LogP contribution in [0.1, 0.15) is 27.7 Å². The monoisotopic (exact) mass is 416 g/mol. The van der Waals surface area contributed by atoms with Crippen molar-refractivity contribution in [2.75, 3.05) is 0 Å². The van der Waals surface area contributed by atoms with E-state index in [4.69, 9.17) is 4.74 Å². The van der Waals surface area contributed by atoms with Gasteiger partial charge in [-0.1, -0.05) is 0 Å². The number of carbonyl (C=O) groups excluding carboxylic acids is 2. The number of carboxylic acids is 1. The molecule has 0 aromatic heterocycles. The van der Waals surface area contributed by atoms with E-state index >= 15 is 0 Å². The third-order valence-electron chi connectivity index (χ3n) is 2.90. The Balaban J connectivity index is 2.54. The molecule has 2 amide bonds. The first-order valence-corrected chi connectivity index (χ1v) is 9.86. The van der Waals surface area contributed by atoms with E-state index in [0.29, 0.717) is 5.32 Å². The molecule has 0 unspecified atom stereocenters. The first kappa shape index (κ1) is 21.0. The molecule has 0 bridgehead atoms. The molecular weight excluding hydrogens is 391 g/mol. The summed E-state index contributed by atoms with van der Waals surface area (Å²) in [6.07, 6.45) is -0.726. The molecule has 25 heavy (non-hydrogen) atoms. The van der Waals surface area contributed by atoms with Gasteiger partial charge in [0.05, 0.1) is 0 Å². The van der Waals surface area contributed by atoms with Crippen molar-refractivity contribution < 1.29 is 24.2 Å². The van der Waals surface area contributed by atoms with Gasteiger partial charge in [-0.2, -0.15) is 0 Å². The Hall–Kier alpha value is -2.05. The minimum atomic E-state index is -1.10. The molecule has 0 saturated carbocycles. The van der Waals surface area contributed by atoms with Crippen molar-refractivity contribution in [3.05, 3.63) is 30.3 Å². The number of nitrogens with one attached hydrogen (secondary N) is 2. The molecule has 1 aromatic rings. The van der Waals surface area contributed by atoms with Crippen LogP contribution in [0.5, 0.6) is 0 Å². The normalized spacial score (nSPS) is 13.4. The molecule has 1 aromatic carbocycles. The Morgan fingerprint density at radius 1 is 1.16 bits per heavy atom. The van der Waals surface area contributed by atoms with Gasteiger partial charge in [-0.15, -0.1) is 0 Å². The number of hydrogen-bond donors (Lipinski definition) is 3. The SMILES string of the molecule is C[C@H](NC(=O)OC(C)(C)C)C(=O)N[C@@H](C[Se]c1ccccc1)C(=O)O. The first-order valence-electron chi connectivity index (χ1n) is 7.79. The Bertz CT molecular complexity index is 601. The third-order valence-corrected chi connectivity index (χ3v) is 5.22. The number of carbonyl (C=O) groups is 3. The summed E-state index contributed by atoms with van der Waals surface area (Å²) in [5.74, 6) is -1.67. The molecule has 0 aliphatic carbocycles. The minimum absolute atomic E-state index is 0.0839. The molecule has 0 aliphatic rings. The quantitative estimate of drug-likeness (QED) is 0.575. The van der Waals surface area contributed by atoms with Crippen molar-refractivity contribution in [3.8, 4) is 0 Å². The van der Waals surface area contributed by atoms with Crippen LogP contribution in [0, 0.1) is 0 Å². The van der Waals surface area contributed by atoms with Crippen LogP contribution < -0.4 is 15.1 Å². The van der Waals surface area contributed by atoms with E-state index in [1.165, 1.54) is 6.92 Å². The van der Waals surface area contributed by atoms with Gasteiger partial charge < -0.3 is 0 Å². The van der Waals surface area contributed by atoms with Gasteiger partial charge >= 0.3 is 153 Å². The van der Waals surface area contributed by atoms with Crippen LogP contribution in [0.15, 0.2) is 30.3 Å². The molecule has 0 saturated heterocycles. The average molecular weight is 415 g/mol. The van der Waals surface area contributed by atoms with Crippen LogP contribution in [0.2, 0.25) is 5.32 Å². The fourth-order valence-electron chi connectivity index (χ4n) is 1.72. The molecule has 0 fully saturated rings. The van der Waals surface area contributed by atoms with Gasteiger partial charge in [-0.25, -0.2) is 0 Å². The van der Waals surface area contributed by atoms with Crippen molar-refractivity contribution in [3.63, 3.8) is 0 Å². The zero-order valence-corrected chi connectivity index (χ0v) is 16.5. The van der Waals surface area contributed by atoms with Gasteiger partial charge in [0.15, 0.2) is 0 Å². The molecular formula is C17H24N2O5Se. The summed E-state index contributed by atoms with van der Waals surface area (Å²) >= 11 is -0.0839. The van der Waals surface area contributed by atoms with E-state index < -0.39 is 35.7 Å². The predicted octanol–water partition coefficient (Wildman–Crippen LogP) is 0.917. The number of ether oxygens (including phenoxy) is 1. The van der Waals surface area contributed by atoms with Gasteiger partial charge in [0, 0.05) is 0 Å². The van der Waals surface area contributed by atoms with Gasteiger partial charge in [0.1, 0.15) is 0 Å². The number of benzene rings is 1. The summed E-state index contributed by atoms with van der Waals surface area (Å²) in [4.78, 5) is 35.2. The van der Waals surface area contributed by atoms with E-state index in [1.807, 2.05) is 30.3 Å². The fourth-order valence-corrected chi connectivity index (χ4v) is 3.68. The second kappa shape index (κ2) is 9.44. The molecule has 3 N–H and O–H groups in total. The number of alkyl carbamates (subject to hydrolysis) is 1. The standard InChI is InChI=1S/C17H24N2O5Se/c1-11(18-16(23)24-17(2,3)4)14(20)19-13(15(21)22)10-25-12-8-6-5-7-9-12/h5-9,11,13H,10H2,1-4H3,(H,18,23)(H,19,20)(H,21,22)/t11-,13-/m0/s1. The molecule has 2 atom stereocenters. The number of rotatable bonds is 7. The van der Waals surface area contributed by atoms with Crippen LogP contribution in [-0.4, -0.2) is 55.7 Å². The van der Waals surface area contributed by atoms with E-state index in [9.17, 15) is 19.5 Å². The maximum absolute atomic E-state index is 12.1. The Kier molecular flexibility index (Phi) is 7.92. The summed E-state index contributed by atoms with van der Waals surface area (Å²) < 4.78 is 6.12. The summed E-state index contributed by atoms with van der Waals surface area (Å²) in [6.45, 7) is 6.61. The molecule has 0 heterocycles. The Morgan fingerprint density at radius 2 is 1.76 bits per heavy atom. The zero-order valence-electron chi connectivity index (χ0n) is 14.7. The molecule has 1 rings (SSSR count). The van der Waals surface area contributed by atoms with Crippen molar-refractivity contribution in [1.29, 1.82) is 0 Å². The van der Waals surface area contributed by atoms with Crippen molar-refractivity contribution in [1.82, 2.24) is 10.6 Å². The molecule has 0 radical (unpaired) electrons. The second-order valence-corrected chi connectivity index (χ2v) is 8.69. The van der Waals surface area contributed by atoms with E-state index in [-0.39, 0.29) is 15.0 Å². The van der Waals surface area contributed by atoms with Crippen LogP contribution in [0.25, 0.3) is 0 Å². The number of amides is 2. The second-order valence-electron chi connectivity index (χ2n) is 6.39. The van der Waals surface area contributed by atoms with Gasteiger partial charge in [-0.3, -0.25) is 0 Å². The Labute approximate surface area is 153 Å². The van der Waals surface area contributed by atoms with Crippen LogP contribution in [0.3, 0.4) is 0 Å². The topological polar surface area (TPSA) is 105 Å². The first-order chi connectivity index (χ1) is 11.6. The Morgan fingerprint density at radius 3 is 2.28 bits per heavy atom. The molecule has 7 nitrogen and oxygen atoms in total. The fraction of sp³-hybridized carbons (Fsp3) is 0.471. The summed E-state index contributed by atoms with van der Waals surface area (Å²) in [5, 5.41) is 14.5. The van der Waals surface area contributed by atoms with Gasteiger partial charge in [-0.05, 0) is 0 Å². The predicted molar refractivity (Wildman–Crippen MR) is 95.0 cm³/mol. The van der Waals surface area contributed by atoms with Crippen molar-refractivity contribution in [2.24, 2.45) is 0 Å². The van der Waals surface area contributed by atoms with E-state index in [1.54, 1.807) is 20.8 Å². The van der Waals surface area contributed by atoms with Crippen LogP contribution in [-0.2, 0) is 14.3 Å². The van der Waals surface area contributed by atoms with E-state index in [0.717, 1.165) is 4.46 Å². The molecule has 8 heteroatoms. The maximum atomic E-state index is 12.1. The number of aliphatic carboxylic acids is 1. The average Bonchev–Trinajstić information content (AvgIpc) is 2.49. The molecule has 0 spiro atoms. The zero-order chi connectivity index (χ0) is 19.0. The third kappa shape index (κ3) is 8.56. The number of hydrogen-bond acceptors (Lipinski definition) is 4. The van der Waals surface area contributed by atoms with Crippen molar-refractivity contribution >= 4 is 37.4 Å². The summed E-state index contributed by atoms with van der Waals surface area (Å²) in [7, 11) is 0. The van der Waals surface area contributed by atoms with E-state index in [2.05, 4.69) is 10.6 Å².